The zero-order chi connectivity index (χ0) is 18.6. The first kappa shape index (κ1) is 19.1. The molecule has 2 nitrogen and oxygen atoms in total. The second-order valence-electron chi connectivity index (χ2n) is 7.10. The molecule has 26 heavy (non-hydrogen) atoms. The Balaban J connectivity index is 1.72. The van der Waals surface area contributed by atoms with E-state index in [9.17, 15) is 17.6 Å². The number of hydrogen-bond donors (Lipinski definition) is 0. The Morgan fingerprint density at radius 2 is 1.77 bits per heavy atom. The summed E-state index contributed by atoms with van der Waals surface area (Å²) in [6.07, 6.45) is 6.94. The summed E-state index contributed by atoms with van der Waals surface area (Å²) in [6.45, 7) is 0. The van der Waals surface area contributed by atoms with Crippen molar-refractivity contribution in [3.05, 3.63) is 35.7 Å². The van der Waals surface area contributed by atoms with Gasteiger partial charge in [-0.3, -0.25) is 0 Å². The largest absolute Gasteiger partial charge is 0.573 e. The van der Waals surface area contributed by atoms with Crippen molar-refractivity contribution in [2.24, 2.45) is 5.92 Å². The Hall–Kier alpha value is -1.72. The van der Waals surface area contributed by atoms with Gasteiger partial charge in [-0.05, 0) is 68.9 Å². The van der Waals surface area contributed by atoms with Gasteiger partial charge in [0.1, 0.15) is 0 Å². The van der Waals surface area contributed by atoms with Crippen molar-refractivity contribution in [1.82, 2.24) is 0 Å². The molecule has 3 rings (SSSR count). The van der Waals surface area contributed by atoms with Crippen LogP contribution in [-0.2, 0) is 6.42 Å². The monoisotopic (exact) mass is 372 g/mol. The summed E-state index contributed by atoms with van der Waals surface area (Å²) in [5.41, 5.74) is 0.210. The smallest absolute Gasteiger partial charge is 0.486 e. The molecule has 0 unspecified atom stereocenters. The lowest BCUT2D eigenvalue weighted by atomic mass is 9.85. The minimum absolute atomic E-state index is 0.166. The average Bonchev–Trinajstić information content (AvgIpc) is 3.02. The van der Waals surface area contributed by atoms with E-state index in [0.717, 1.165) is 25.7 Å². The molecule has 0 atom stereocenters. The highest BCUT2D eigenvalue weighted by Gasteiger charge is 2.35. The van der Waals surface area contributed by atoms with Gasteiger partial charge < -0.3 is 9.47 Å². The molecule has 0 bridgehead atoms. The fraction of sp³-hybridized carbons (Fsp3) is 0.600. The predicted octanol–water partition coefficient (Wildman–Crippen LogP) is 6.33. The molecular weight excluding hydrogens is 348 g/mol. The lowest BCUT2D eigenvalue weighted by Crippen LogP contribution is -2.20. The molecule has 0 radical (unpaired) electrons. The molecule has 0 aromatic heterocycles. The Labute approximate surface area is 151 Å². The highest BCUT2D eigenvalue weighted by molar-refractivity contribution is 5.45. The predicted molar refractivity (Wildman–Crippen MR) is 90.8 cm³/mol. The molecule has 6 heteroatoms. The van der Waals surface area contributed by atoms with Crippen LogP contribution < -0.4 is 9.47 Å². The van der Waals surface area contributed by atoms with Crippen LogP contribution in [0.2, 0.25) is 0 Å². The second kappa shape index (κ2) is 8.31. The standard InChI is InChI=1S/C20H24F4O2/c21-18-15(9-2-1-6-14-7-5-8-14)12-13-17(19(18)26-20(22,23)24)25-16-10-3-4-11-16/h1,6,12-14,16H,2-5,7-11H2/b6-1+. The van der Waals surface area contributed by atoms with Gasteiger partial charge in [-0.25, -0.2) is 4.39 Å². The van der Waals surface area contributed by atoms with E-state index in [4.69, 9.17) is 4.74 Å². The Kier molecular flexibility index (Phi) is 6.09. The SMILES string of the molecule is Fc1c(CC/C=C/C2CCC2)ccc(OC2CCCC2)c1OC(F)(F)F. The zero-order valence-electron chi connectivity index (χ0n) is 14.7. The fourth-order valence-electron chi connectivity index (χ4n) is 3.42. The van der Waals surface area contributed by atoms with E-state index in [-0.39, 0.29) is 17.4 Å². The van der Waals surface area contributed by atoms with Crippen LogP contribution in [0, 0.1) is 11.7 Å². The normalized spacial score (nSPS) is 19.1. The van der Waals surface area contributed by atoms with Gasteiger partial charge in [-0.1, -0.05) is 24.6 Å². The zero-order valence-corrected chi connectivity index (χ0v) is 14.7. The first-order valence-electron chi connectivity index (χ1n) is 9.33. The number of hydrogen-bond acceptors (Lipinski definition) is 2. The number of halogens is 4. The molecule has 2 aliphatic rings. The third kappa shape index (κ3) is 5.15. The molecule has 0 amide bonds. The summed E-state index contributed by atoms with van der Waals surface area (Å²) in [6, 6.07) is 2.90. The molecular formula is C20H24F4O2. The first-order valence-corrected chi connectivity index (χ1v) is 9.33. The molecule has 0 N–H and O–H groups in total. The fourth-order valence-corrected chi connectivity index (χ4v) is 3.42. The highest BCUT2D eigenvalue weighted by atomic mass is 19.4. The summed E-state index contributed by atoms with van der Waals surface area (Å²) in [5.74, 6) is -1.38. The van der Waals surface area contributed by atoms with Gasteiger partial charge in [0.25, 0.3) is 0 Å². The molecule has 1 aromatic carbocycles. The van der Waals surface area contributed by atoms with Crippen molar-refractivity contribution < 1.29 is 27.0 Å². The van der Waals surface area contributed by atoms with Crippen LogP contribution in [0.1, 0.15) is 56.9 Å². The third-order valence-electron chi connectivity index (χ3n) is 5.09. The minimum atomic E-state index is -4.96. The van der Waals surface area contributed by atoms with Gasteiger partial charge in [0, 0.05) is 0 Å². The van der Waals surface area contributed by atoms with Crippen molar-refractivity contribution in [3.8, 4) is 11.5 Å². The van der Waals surface area contributed by atoms with Crippen LogP contribution >= 0.6 is 0 Å². The molecule has 2 fully saturated rings. The summed E-state index contributed by atoms with van der Waals surface area (Å²) >= 11 is 0. The Bertz CT molecular complexity index is 629. The molecule has 0 heterocycles. The molecule has 0 saturated heterocycles. The molecule has 0 spiro atoms. The van der Waals surface area contributed by atoms with Gasteiger partial charge >= 0.3 is 6.36 Å². The van der Waals surface area contributed by atoms with E-state index in [1.807, 2.05) is 6.08 Å². The summed E-state index contributed by atoms with van der Waals surface area (Å²) in [7, 11) is 0. The van der Waals surface area contributed by atoms with Crippen LogP contribution in [0.25, 0.3) is 0 Å². The lowest BCUT2D eigenvalue weighted by Gasteiger charge is -2.21. The third-order valence-corrected chi connectivity index (χ3v) is 5.09. The second-order valence-corrected chi connectivity index (χ2v) is 7.10. The molecule has 1 aromatic rings. The quantitative estimate of drug-likeness (QED) is 0.411. The Morgan fingerprint density at radius 3 is 2.38 bits per heavy atom. The highest BCUT2D eigenvalue weighted by Crippen LogP contribution is 2.39. The average molecular weight is 372 g/mol. The number of allylic oxidation sites excluding steroid dienone is 2. The maximum atomic E-state index is 14.7. The molecule has 2 aliphatic carbocycles. The number of ether oxygens (including phenoxy) is 2. The Morgan fingerprint density at radius 1 is 1.04 bits per heavy atom. The number of benzene rings is 1. The van der Waals surface area contributed by atoms with E-state index in [2.05, 4.69) is 10.8 Å². The molecule has 2 saturated carbocycles. The van der Waals surface area contributed by atoms with E-state index < -0.39 is 17.9 Å². The number of rotatable bonds is 7. The summed E-state index contributed by atoms with van der Waals surface area (Å²) in [4.78, 5) is 0. The van der Waals surface area contributed by atoms with Gasteiger partial charge in [0.2, 0.25) is 5.75 Å². The maximum absolute atomic E-state index is 14.7. The minimum Gasteiger partial charge on any atom is -0.486 e. The van der Waals surface area contributed by atoms with Crippen molar-refractivity contribution in [3.63, 3.8) is 0 Å². The topological polar surface area (TPSA) is 18.5 Å². The molecule has 144 valence electrons. The summed E-state index contributed by atoms with van der Waals surface area (Å²) < 4.78 is 62.4. The number of alkyl halides is 3. The van der Waals surface area contributed by atoms with Gasteiger partial charge in [-0.2, -0.15) is 0 Å². The van der Waals surface area contributed by atoms with E-state index in [0.29, 0.717) is 18.8 Å². The van der Waals surface area contributed by atoms with E-state index in [1.54, 1.807) is 0 Å². The van der Waals surface area contributed by atoms with Crippen LogP contribution in [-0.4, -0.2) is 12.5 Å². The maximum Gasteiger partial charge on any atom is 0.573 e. The van der Waals surface area contributed by atoms with Gasteiger partial charge in [-0.15, -0.1) is 13.2 Å². The van der Waals surface area contributed by atoms with Gasteiger partial charge in [0.15, 0.2) is 11.6 Å². The number of aryl methyl sites for hydroxylation is 1. The van der Waals surface area contributed by atoms with Gasteiger partial charge in [0.05, 0.1) is 6.10 Å². The van der Waals surface area contributed by atoms with Crippen molar-refractivity contribution in [2.75, 3.05) is 0 Å². The first-order chi connectivity index (χ1) is 12.4. The van der Waals surface area contributed by atoms with Crippen LogP contribution in [0.4, 0.5) is 17.6 Å². The van der Waals surface area contributed by atoms with E-state index in [1.165, 1.54) is 31.4 Å². The van der Waals surface area contributed by atoms with Crippen LogP contribution in [0.5, 0.6) is 11.5 Å². The van der Waals surface area contributed by atoms with Crippen molar-refractivity contribution in [1.29, 1.82) is 0 Å². The van der Waals surface area contributed by atoms with Crippen molar-refractivity contribution >= 4 is 0 Å². The van der Waals surface area contributed by atoms with Crippen LogP contribution in [0.3, 0.4) is 0 Å². The lowest BCUT2D eigenvalue weighted by molar-refractivity contribution is -0.276. The van der Waals surface area contributed by atoms with E-state index >= 15 is 0 Å². The summed E-state index contributed by atoms with van der Waals surface area (Å²) in [5, 5.41) is 0. The van der Waals surface area contributed by atoms with Crippen molar-refractivity contribution in [2.45, 2.75) is 70.3 Å². The molecule has 0 aliphatic heterocycles. The van der Waals surface area contributed by atoms with Crippen LogP contribution in [0.15, 0.2) is 24.3 Å².